The quantitative estimate of drug-likeness (QED) is 0.501. The van der Waals surface area contributed by atoms with Crippen LogP contribution in [0.2, 0.25) is 5.02 Å². The molecule has 0 aliphatic rings. The van der Waals surface area contributed by atoms with Crippen molar-refractivity contribution in [2.45, 2.75) is 6.04 Å². The fraction of sp³-hybridized carbons (Fsp3) is 0.0909. The number of nitrogens with zero attached hydrogens (tertiary/aromatic N) is 2. The Hall–Kier alpha value is -0.760. The second-order valence-corrected chi connectivity index (χ2v) is 4.97. The molecule has 1 heterocycles. The first-order valence-corrected chi connectivity index (χ1v) is 6.35. The molecular formula is C11H10ClIN4. The number of rotatable bonds is 3. The van der Waals surface area contributed by atoms with E-state index in [-0.39, 0.29) is 6.04 Å². The molecule has 0 aliphatic heterocycles. The van der Waals surface area contributed by atoms with E-state index in [4.69, 9.17) is 17.4 Å². The number of nitrogens with one attached hydrogen (secondary N) is 1. The van der Waals surface area contributed by atoms with Crippen LogP contribution in [0.5, 0.6) is 0 Å². The highest BCUT2D eigenvalue weighted by atomic mass is 127. The van der Waals surface area contributed by atoms with Crippen LogP contribution in [0, 0.1) is 3.57 Å². The van der Waals surface area contributed by atoms with Crippen molar-refractivity contribution in [1.29, 1.82) is 0 Å². The van der Waals surface area contributed by atoms with Gasteiger partial charge in [-0.3, -0.25) is 15.8 Å². The van der Waals surface area contributed by atoms with Gasteiger partial charge in [0.2, 0.25) is 0 Å². The van der Waals surface area contributed by atoms with Gasteiger partial charge in [-0.1, -0.05) is 17.7 Å². The third-order valence-electron chi connectivity index (χ3n) is 2.32. The van der Waals surface area contributed by atoms with Crippen molar-refractivity contribution < 1.29 is 0 Å². The number of hydrogen-bond acceptors (Lipinski definition) is 4. The van der Waals surface area contributed by atoms with E-state index in [0.717, 1.165) is 14.8 Å². The van der Waals surface area contributed by atoms with Gasteiger partial charge in [-0.2, -0.15) is 0 Å². The van der Waals surface area contributed by atoms with Crippen molar-refractivity contribution in [3.05, 3.63) is 56.6 Å². The van der Waals surface area contributed by atoms with Crippen molar-refractivity contribution in [2.24, 2.45) is 5.84 Å². The predicted molar refractivity (Wildman–Crippen MR) is 75.4 cm³/mol. The fourth-order valence-electron chi connectivity index (χ4n) is 1.50. The smallest absolute Gasteiger partial charge is 0.0897 e. The number of hydrogen-bond donors (Lipinski definition) is 2. The lowest BCUT2D eigenvalue weighted by atomic mass is 10.1. The lowest BCUT2D eigenvalue weighted by Crippen LogP contribution is -2.29. The number of nitrogens with two attached hydrogens (primary N) is 1. The summed E-state index contributed by atoms with van der Waals surface area (Å²) < 4.78 is 1.00. The van der Waals surface area contributed by atoms with Gasteiger partial charge in [-0.05, 0) is 40.3 Å². The molecule has 2 rings (SSSR count). The molecule has 3 N–H and O–H groups in total. The molecule has 6 heteroatoms. The summed E-state index contributed by atoms with van der Waals surface area (Å²) in [5, 5.41) is 0.701. The highest BCUT2D eigenvalue weighted by Gasteiger charge is 2.14. The van der Waals surface area contributed by atoms with E-state index >= 15 is 0 Å². The van der Waals surface area contributed by atoms with Gasteiger partial charge in [-0.25, -0.2) is 5.43 Å². The van der Waals surface area contributed by atoms with Crippen molar-refractivity contribution in [2.75, 3.05) is 0 Å². The van der Waals surface area contributed by atoms with Crippen molar-refractivity contribution in [3.8, 4) is 0 Å². The molecule has 1 aromatic carbocycles. The zero-order valence-corrected chi connectivity index (χ0v) is 11.7. The van der Waals surface area contributed by atoms with Crippen LogP contribution in [-0.2, 0) is 0 Å². The molecule has 2 aromatic rings. The molecule has 0 aliphatic carbocycles. The maximum atomic E-state index is 6.09. The Balaban J connectivity index is 2.39. The van der Waals surface area contributed by atoms with E-state index in [0.29, 0.717) is 5.02 Å². The summed E-state index contributed by atoms with van der Waals surface area (Å²) in [4.78, 5) is 8.25. The molecule has 0 saturated heterocycles. The molecule has 0 fully saturated rings. The average Bonchev–Trinajstić information content (AvgIpc) is 2.36. The Morgan fingerprint density at radius 2 is 2.18 bits per heavy atom. The second kappa shape index (κ2) is 5.72. The number of aromatic nitrogens is 2. The topological polar surface area (TPSA) is 63.8 Å². The van der Waals surface area contributed by atoms with E-state index in [1.54, 1.807) is 18.6 Å². The highest BCUT2D eigenvalue weighted by Crippen LogP contribution is 2.25. The zero-order chi connectivity index (χ0) is 12.3. The van der Waals surface area contributed by atoms with E-state index in [1.165, 1.54) is 0 Å². The van der Waals surface area contributed by atoms with E-state index in [1.807, 2.05) is 18.2 Å². The van der Waals surface area contributed by atoms with Crippen LogP contribution in [0.15, 0.2) is 36.8 Å². The van der Waals surface area contributed by atoms with Gasteiger partial charge < -0.3 is 0 Å². The van der Waals surface area contributed by atoms with Crippen molar-refractivity contribution in [1.82, 2.24) is 15.4 Å². The minimum atomic E-state index is -0.210. The second-order valence-electron chi connectivity index (χ2n) is 3.40. The zero-order valence-electron chi connectivity index (χ0n) is 8.77. The Morgan fingerprint density at radius 3 is 2.76 bits per heavy atom. The highest BCUT2D eigenvalue weighted by molar-refractivity contribution is 14.1. The summed E-state index contributed by atoms with van der Waals surface area (Å²) in [5.74, 6) is 5.56. The molecule has 1 aromatic heterocycles. The molecule has 88 valence electrons. The third-order valence-corrected chi connectivity index (χ3v) is 3.89. The van der Waals surface area contributed by atoms with Crippen LogP contribution in [0.1, 0.15) is 17.3 Å². The Kier molecular flexibility index (Phi) is 4.27. The van der Waals surface area contributed by atoms with Crippen LogP contribution in [-0.4, -0.2) is 9.97 Å². The summed E-state index contributed by atoms with van der Waals surface area (Å²) >= 11 is 8.27. The molecule has 1 atom stereocenters. The van der Waals surface area contributed by atoms with E-state index in [9.17, 15) is 0 Å². The standard InChI is InChI=1S/C11H10ClIN4/c12-8-5-7(1-2-9(8)13)11(17-14)10-6-15-3-4-16-10/h1-6,11,17H,14H2. The lowest BCUT2D eigenvalue weighted by molar-refractivity contribution is 0.617. The van der Waals surface area contributed by atoms with Crippen molar-refractivity contribution >= 4 is 34.2 Å². The normalized spacial score (nSPS) is 12.4. The van der Waals surface area contributed by atoms with Crippen LogP contribution < -0.4 is 11.3 Å². The summed E-state index contributed by atoms with van der Waals surface area (Å²) in [5.41, 5.74) is 4.43. The van der Waals surface area contributed by atoms with Gasteiger partial charge in [0.25, 0.3) is 0 Å². The van der Waals surface area contributed by atoms with Crippen LogP contribution in [0.25, 0.3) is 0 Å². The monoisotopic (exact) mass is 360 g/mol. The van der Waals surface area contributed by atoms with Gasteiger partial charge in [0.15, 0.2) is 0 Å². The van der Waals surface area contributed by atoms with Crippen LogP contribution in [0.4, 0.5) is 0 Å². The molecule has 0 spiro atoms. The third kappa shape index (κ3) is 2.92. The summed E-state index contributed by atoms with van der Waals surface area (Å²) in [7, 11) is 0. The van der Waals surface area contributed by atoms with E-state index in [2.05, 4.69) is 38.0 Å². The predicted octanol–water partition coefficient (Wildman–Crippen LogP) is 2.29. The molecule has 0 amide bonds. The van der Waals surface area contributed by atoms with Gasteiger partial charge in [0, 0.05) is 16.0 Å². The number of benzene rings is 1. The molecule has 1 unspecified atom stereocenters. The Bertz CT molecular complexity index is 506. The van der Waals surface area contributed by atoms with Crippen LogP contribution >= 0.6 is 34.2 Å². The molecule has 0 bridgehead atoms. The van der Waals surface area contributed by atoms with E-state index < -0.39 is 0 Å². The average molecular weight is 361 g/mol. The fourth-order valence-corrected chi connectivity index (χ4v) is 2.03. The Labute approximate surface area is 118 Å². The lowest BCUT2D eigenvalue weighted by Gasteiger charge is -2.15. The maximum absolute atomic E-state index is 6.09. The summed E-state index contributed by atoms with van der Waals surface area (Å²) in [6, 6.07) is 5.58. The Morgan fingerprint density at radius 1 is 1.35 bits per heavy atom. The first kappa shape index (κ1) is 12.7. The molecule has 17 heavy (non-hydrogen) atoms. The molecular weight excluding hydrogens is 351 g/mol. The van der Waals surface area contributed by atoms with Crippen LogP contribution in [0.3, 0.4) is 0 Å². The molecule has 4 nitrogen and oxygen atoms in total. The summed E-state index contributed by atoms with van der Waals surface area (Å²) in [6.45, 7) is 0. The largest absolute Gasteiger partial charge is 0.271 e. The molecule has 0 saturated carbocycles. The van der Waals surface area contributed by atoms with Gasteiger partial charge in [-0.15, -0.1) is 0 Å². The molecule has 0 radical (unpaired) electrons. The maximum Gasteiger partial charge on any atom is 0.0897 e. The number of hydrazine groups is 1. The van der Waals surface area contributed by atoms with Gasteiger partial charge in [0.1, 0.15) is 0 Å². The first-order chi connectivity index (χ1) is 8.22. The number of halogens is 2. The van der Waals surface area contributed by atoms with Gasteiger partial charge in [0.05, 0.1) is 23.0 Å². The van der Waals surface area contributed by atoms with Gasteiger partial charge >= 0.3 is 0 Å². The minimum absolute atomic E-state index is 0.210. The van der Waals surface area contributed by atoms with Crippen molar-refractivity contribution in [3.63, 3.8) is 0 Å². The SMILES string of the molecule is NNC(c1ccc(I)c(Cl)c1)c1cnccn1. The minimum Gasteiger partial charge on any atom is -0.271 e. The first-order valence-electron chi connectivity index (χ1n) is 4.89. The summed E-state index contributed by atoms with van der Waals surface area (Å²) in [6.07, 6.45) is 4.93.